The van der Waals surface area contributed by atoms with E-state index in [0.717, 1.165) is 31.6 Å². The predicted molar refractivity (Wildman–Crippen MR) is 72.5 cm³/mol. The van der Waals surface area contributed by atoms with Gasteiger partial charge in [-0.1, -0.05) is 0 Å². The second kappa shape index (κ2) is 5.45. The molecule has 4 heteroatoms. The maximum absolute atomic E-state index is 6.27. The first-order valence-electron chi connectivity index (χ1n) is 7.53. The Morgan fingerprint density at radius 3 is 2.83 bits per heavy atom. The second-order valence-corrected chi connectivity index (χ2v) is 6.33. The lowest BCUT2D eigenvalue weighted by atomic mass is 9.83. The standard InChI is InChI=1S/C14H27N3O/c1-16-6-2-3-11-9-17(7-4-13(11)16)14-10-18-8-5-12(14)15/h11-14H,2-10,15H2,1H3. The molecule has 0 aromatic rings. The van der Waals surface area contributed by atoms with Gasteiger partial charge in [-0.25, -0.2) is 0 Å². The van der Waals surface area contributed by atoms with E-state index in [9.17, 15) is 0 Å². The third-order valence-electron chi connectivity index (χ3n) is 5.22. The Bertz CT molecular complexity index is 286. The number of hydrogen-bond acceptors (Lipinski definition) is 4. The SMILES string of the molecule is CN1CCCC2CN(C3COCCC3N)CCC21. The maximum Gasteiger partial charge on any atom is 0.0636 e. The van der Waals surface area contributed by atoms with E-state index in [2.05, 4.69) is 16.8 Å². The summed E-state index contributed by atoms with van der Waals surface area (Å²) in [5.41, 5.74) is 6.27. The van der Waals surface area contributed by atoms with Crippen LogP contribution in [0.25, 0.3) is 0 Å². The van der Waals surface area contributed by atoms with Crippen LogP contribution in [0.2, 0.25) is 0 Å². The van der Waals surface area contributed by atoms with Gasteiger partial charge < -0.3 is 15.4 Å². The van der Waals surface area contributed by atoms with Crippen LogP contribution in [0.3, 0.4) is 0 Å². The Morgan fingerprint density at radius 2 is 2.00 bits per heavy atom. The molecule has 0 bridgehead atoms. The van der Waals surface area contributed by atoms with E-state index in [4.69, 9.17) is 10.5 Å². The highest BCUT2D eigenvalue weighted by Gasteiger charge is 2.38. The molecule has 2 N–H and O–H groups in total. The van der Waals surface area contributed by atoms with Crippen LogP contribution in [0.15, 0.2) is 0 Å². The van der Waals surface area contributed by atoms with Gasteiger partial charge in [-0.05, 0) is 45.2 Å². The van der Waals surface area contributed by atoms with E-state index in [1.807, 2.05) is 0 Å². The molecular weight excluding hydrogens is 226 g/mol. The molecule has 18 heavy (non-hydrogen) atoms. The van der Waals surface area contributed by atoms with Crippen molar-refractivity contribution in [3.8, 4) is 0 Å². The summed E-state index contributed by atoms with van der Waals surface area (Å²) in [5, 5.41) is 0. The van der Waals surface area contributed by atoms with Crippen LogP contribution in [0.5, 0.6) is 0 Å². The summed E-state index contributed by atoms with van der Waals surface area (Å²) in [6, 6.07) is 1.60. The van der Waals surface area contributed by atoms with Crippen molar-refractivity contribution in [3.05, 3.63) is 0 Å². The first-order chi connectivity index (χ1) is 8.75. The fraction of sp³-hybridized carbons (Fsp3) is 1.00. The first kappa shape index (κ1) is 12.9. The third kappa shape index (κ3) is 2.44. The summed E-state index contributed by atoms with van der Waals surface area (Å²) in [4.78, 5) is 5.19. The fourth-order valence-corrected chi connectivity index (χ4v) is 4.10. The normalized spacial score (nSPS) is 43.7. The maximum atomic E-state index is 6.27. The van der Waals surface area contributed by atoms with Crippen molar-refractivity contribution in [1.82, 2.24) is 9.80 Å². The third-order valence-corrected chi connectivity index (χ3v) is 5.22. The number of piperidine rings is 2. The minimum absolute atomic E-state index is 0.316. The predicted octanol–water partition coefficient (Wildman–Crippen LogP) is 0.519. The number of likely N-dealkylation sites (tertiary alicyclic amines) is 2. The number of hydrogen-bond donors (Lipinski definition) is 1. The average Bonchev–Trinajstić information content (AvgIpc) is 2.39. The summed E-state index contributed by atoms with van der Waals surface area (Å²) in [5.74, 6) is 0.853. The zero-order valence-electron chi connectivity index (χ0n) is 11.6. The minimum atomic E-state index is 0.316. The Morgan fingerprint density at radius 1 is 1.11 bits per heavy atom. The molecule has 0 saturated carbocycles. The minimum Gasteiger partial charge on any atom is -0.380 e. The molecule has 3 aliphatic heterocycles. The van der Waals surface area contributed by atoms with Gasteiger partial charge >= 0.3 is 0 Å². The monoisotopic (exact) mass is 253 g/mol. The van der Waals surface area contributed by atoms with Gasteiger partial charge in [0.15, 0.2) is 0 Å². The zero-order chi connectivity index (χ0) is 12.5. The van der Waals surface area contributed by atoms with Crippen molar-refractivity contribution in [2.24, 2.45) is 11.7 Å². The number of nitrogens with zero attached hydrogens (tertiary/aromatic N) is 2. The molecule has 4 nitrogen and oxygen atoms in total. The van der Waals surface area contributed by atoms with Crippen molar-refractivity contribution in [2.75, 3.05) is 39.9 Å². The van der Waals surface area contributed by atoms with Crippen LogP contribution in [-0.2, 0) is 4.74 Å². The molecule has 0 spiro atoms. The van der Waals surface area contributed by atoms with Gasteiger partial charge in [0.05, 0.1) is 6.61 Å². The quantitative estimate of drug-likeness (QED) is 0.740. The molecule has 0 aromatic heterocycles. The zero-order valence-corrected chi connectivity index (χ0v) is 11.6. The number of fused-ring (bicyclic) bond motifs is 1. The van der Waals surface area contributed by atoms with E-state index < -0.39 is 0 Å². The van der Waals surface area contributed by atoms with Crippen LogP contribution in [0, 0.1) is 5.92 Å². The molecule has 3 rings (SSSR count). The van der Waals surface area contributed by atoms with Crippen LogP contribution in [-0.4, -0.2) is 67.8 Å². The molecule has 0 aliphatic carbocycles. The van der Waals surface area contributed by atoms with Crippen molar-refractivity contribution < 1.29 is 4.74 Å². The van der Waals surface area contributed by atoms with E-state index in [1.165, 1.54) is 38.9 Å². The Balaban J connectivity index is 1.62. The summed E-state index contributed by atoms with van der Waals surface area (Å²) in [6.45, 7) is 5.41. The Hall–Kier alpha value is -0.160. The van der Waals surface area contributed by atoms with Crippen LogP contribution in [0.1, 0.15) is 25.7 Å². The van der Waals surface area contributed by atoms with E-state index in [1.54, 1.807) is 0 Å². The lowest BCUT2D eigenvalue weighted by Gasteiger charge is -2.49. The van der Waals surface area contributed by atoms with Gasteiger partial charge in [0.1, 0.15) is 0 Å². The molecule has 104 valence electrons. The summed E-state index contributed by atoms with van der Waals surface area (Å²) in [7, 11) is 2.29. The van der Waals surface area contributed by atoms with Crippen molar-refractivity contribution in [2.45, 2.75) is 43.8 Å². The molecule has 4 unspecified atom stereocenters. The lowest BCUT2D eigenvalue weighted by molar-refractivity contribution is -0.0353. The van der Waals surface area contributed by atoms with Gasteiger partial charge in [-0.15, -0.1) is 0 Å². The number of ether oxygens (including phenoxy) is 1. The first-order valence-corrected chi connectivity index (χ1v) is 7.53. The Labute approximate surface area is 110 Å². The number of rotatable bonds is 1. The highest BCUT2D eigenvalue weighted by molar-refractivity contribution is 4.94. The largest absolute Gasteiger partial charge is 0.380 e. The molecule has 3 aliphatic rings. The van der Waals surface area contributed by atoms with Crippen molar-refractivity contribution in [1.29, 1.82) is 0 Å². The summed E-state index contributed by atoms with van der Waals surface area (Å²) < 4.78 is 5.63. The summed E-state index contributed by atoms with van der Waals surface area (Å²) in [6.07, 6.45) is 5.09. The van der Waals surface area contributed by atoms with Gasteiger partial charge in [-0.3, -0.25) is 4.90 Å². The molecule has 0 radical (unpaired) electrons. The van der Waals surface area contributed by atoms with Gasteiger partial charge in [0, 0.05) is 37.8 Å². The number of nitrogens with two attached hydrogens (primary N) is 1. The molecule has 0 aromatic carbocycles. The van der Waals surface area contributed by atoms with Crippen LogP contribution in [0.4, 0.5) is 0 Å². The highest BCUT2D eigenvalue weighted by atomic mass is 16.5. The van der Waals surface area contributed by atoms with Crippen molar-refractivity contribution >= 4 is 0 Å². The van der Waals surface area contributed by atoms with E-state index >= 15 is 0 Å². The average molecular weight is 253 g/mol. The molecule has 0 amide bonds. The van der Waals surface area contributed by atoms with E-state index in [0.29, 0.717) is 12.1 Å². The van der Waals surface area contributed by atoms with E-state index in [-0.39, 0.29) is 0 Å². The molecule has 4 atom stereocenters. The van der Waals surface area contributed by atoms with Gasteiger partial charge in [-0.2, -0.15) is 0 Å². The van der Waals surface area contributed by atoms with Gasteiger partial charge in [0.25, 0.3) is 0 Å². The van der Waals surface area contributed by atoms with Gasteiger partial charge in [0.2, 0.25) is 0 Å². The lowest BCUT2D eigenvalue weighted by Crippen LogP contribution is -2.60. The smallest absolute Gasteiger partial charge is 0.0636 e. The second-order valence-electron chi connectivity index (χ2n) is 6.33. The molecule has 3 fully saturated rings. The topological polar surface area (TPSA) is 41.7 Å². The Kier molecular flexibility index (Phi) is 3.89. The molecule has 3 saturated heterocycles. The van der Waals surface area contributed by atoms with Crippen LogP contribution < -0.4 is 5.73 Å². The highest BCUT2D eigenvalue weighted by Crippen LogP contribution is 2.31. The fourth-order valence-electron chi connectivity index (χ4n) is 4.10. The molecule has 3 heterocycles. The molecular formula is C14H27N3O. The summed E-state index contributed by atoms with van der Waals surface area (Å²) >= 11 is 0. The van der Waals surface area contributed by atoms with Crippen LogP contribution >= 0.6 is 0 Å². The van der Waals surface area contributed by atoms with Crippen molar-refractivity contribution in [3.63, 3.8) is 0 Å².